The third kappa shape index (κ3) is 9.40. The summed E-state index contributed by atoms with van der Waals surface area (Å²) in [6.45, 7) is 0. The lowest BCUT2D eigenvalue weighted by Gasteiger charge is -2.21. The molecule has 0 spiro atoms. The molecule has 9 heterocycles. The lowest BCUT2D eigenvalue weighted by atomic mass is 9.84. The van der Waals surface area contributed by atoms with E-state index in [0.717, 1.165) is 135 Å². The maximum atomic E-state index is 4.97. The van der Waals surface area contributed by atoms with Crippen molar-refractivity contribution >= 4 is 0 Å². The van der Waals surface area contributed by atoms with Crippen molar-refractivity contribution in [2.24, 2.45) is 0 Å². The van der Waals surface area contributed by atoms with Crippen molar-refractivity contribution in [3.05, 3.63) is 274 Å². The predicted molar refractivity (Wildman–Crippen MR) is 312 cm³/mol. The van der Waals surface area contributed by atoms with Crippen LogP contribution in [0.5, 0.6) is 0 Å². The van der Waals surface area contributed by atoms with Gasteiger partial charge in [-0.05, 0) is 197 Å². The summed E-state index contributed by atoms with van der Waals surface area (Å²) in [5, 5.41) is 0. The zero-order valence-electron chi connectivity index (χ0n) is 42.0. The van der Waals surface area contributed by atoms with Crippen LogP contribution in [-0.2, 0) is 0 Å². The zero-order valence-corrected chi connectivity index (χ0v) is 42.0. The van der Waals surface area contributed by atoms with E-state index in [1.165, 1.54) is 0 Å². The number of benzene rings is 4. The number of hydrogen-bond donors (Lipinski definition) is 0. The van der Waals surface area contributed by atoms with Gasteiger partial charge in [-0.2, -0.15) is 0 Å². The summed E-state index contributed by atoms with van der Waals surface area (Å²) >= 11 is 0. The van der Waals surface area contributed by atoms with E-state index in [0.29, 0.717) is 0 Å². The minimum absolute atomic E-state index is 0.809. The van der Waals surface area contributed by atoms with Crippen LogP contribution in [0, 0.1) is 0 Å². The lowest BCUT2D eigenvalue weighted by Crippen LogP contribution is -1.98. The van der Waals surface area contributed by atoms with E-state index in [1.807, 2.05) is 183 Å². The Kier molecular flexibility index (Phi) is 12.8. The highest BCUT2D eigenvalue weighted by molar-refractivity contribution is 6.00. The highest BCUT2D eigenvalue weighted by Crippen LogP contribution is 2.47. The van der Waals surface area contributed by atoms with Gasteiger partial charge in [-0.15, -0.1) is 0 Å². The Morgan fingerprint density at radius 3 is 0.462 bits per heavy atom. The molecule has 0 N–H and O–H groups in total. The summed E-state index contributed by atoms with van der Waals surface area (Å²) in [7, 11) is 0. The van der Waals surface area contributed by atoms with Gasteiger partial charge in [0.2, 0.25) is 0 Å². The van der Waals surface area contributed by atoms with Crippen molar-refractivity contribution in [3.63, 3.8) is 0 Å². The average molecular weight is 1000 g/mol. The van der Waals surface area contributed by atoms with Crippen molar-refractivity contribution in [3.8, 4) is 135 Å². The van der Waals surface area contributed by atoms with Crippen LogP contribution in [0.4, 0.5) is 0 Å². The molecule has 13 aromatic rings. The van der Waals surface area contributed by atoms with Crippen LogP contribution in [0.2, 0.25) is 0 Å². The van der Waals surface area contributed by atoms with Crippen LogP contribution in [0.3, 0.4) is 0 Å². The van der Waals surface area contributed by atoms with Gasteiger partial charge in [-0.1, -0.05) is 54.6 Å². The minimum atomic E-state index is 0.809. The third-order valence-electron chi connectivity index (χ3n) is 13.8. The normalized spacial score (nSPS) is 11.1. The Morgan fingerprint density at radius 2 is 0.308 bits per heavy atom. The van der Waals surface area contributed by atoms with E-state index in [4.69, 9.17) is 44.9 Å². The monoisotopic (exact) mass is 999 g/mol. The van der Waals surface area contributed by atoms with Crippen molar-refractivity contribution in [2.75, 3.05) is 0 Å². The van der Waals surface area contributed by atoms with Crippen molar-refractivity contribution in [1.82, 2.24) is 44.9 Å². The van der Waals surface area contributed by atoms with Crippen LogP contribution in [-0.4, -0.2) is 44.9 Å². The highest BCUT2D eigenvalue weighted by atomic mass is 14.7. The van der Waals surface area contributed by atoms with Gasteiger partial charge in [-0.3, -0.25) is 44.9 Å². The molecule has 0 fully saturated rings. The lowest BCUT2D eigenvalue weighted by molar-refractivity contribution is 1.28. The Hall–Kier alpha value is -10.8. The zero-order chi connectivity index (χ0) is 52.0. The van der Waals surface area contributed by atoms with Gasteiger partial charge in [0.05, 0.1) is 51.2 Å². The van der Waals surface area contributed by atoms with Gasteiger partial charge in [0.25, 0.3) is 0 Å². The SMILES string of the molecule is c1ccc(-c2cc(-c3cc(-c4cc(-c5ccccn5)c(-c5ccccn5)c(-c5ccccn5)c4)cc(-c4cc(-c5ccccn5)c(-c5ccccn5)c(-c5ccccn5)c4)c3)cc(-c3ccccn3)c2-c2ccccn2)nc1. The number of nitrogens with zero attached hydrogens (tertiary/aromatic N) is 9. The van der Waals surface area contributed by atoms with Crippen LogP contribution in [0.25, 0.3) is 135 Å². The summed E-state index contributed by atoms with van der Waals surface area (Å²) in [6, 6.07) is 74.5. The fraction of sp³-hybridized carbons (Fsp3) is 0. The smallest absolute Gasteiger partial charge is 0.0715 e. The van der Waals surface area contributed by atoms with Gasteiger partial charge in [-0.25, -0.2) is 0 Å². The molecule has 0 bridgehead atoms. The first kappa shape index (κ1) is 47.0. The van der Waals surface area contributed by atoms with Gasteiger partial charge in [0.15, 0.2) is 0 Å². The molecule has 0 aliphatic rings. The topological polar surface area (TPSA) is 116 Å². The molecule has 4 aromatic carbocycles. The fourth-order valence-electron chi connectivity index (χ4n) is 10.3. The molecule has 0 aliphatic heterocycles. The molecule has 366 valence electrons. The quantitative estimate of drug-likeness (QED) is 0.118. The molecule has 9 nitrogen and oxygen atoms in total. The van der Waals surface area contributed by atoms with Crippen LogP contribution in [0.15, 0.2) is 274 Å². The molecule has 0 amide bonds. The molecular weight excluding hydrogens is 955 g/mol. The first-order valence-electron chi connectivity index (χ1n) is 25.6. The Balaban J connectivity index is 1.15. The molecule has 78 heavy (non-hydrogen) atoms. The molecule has 9 heteroatoms. The molecule has 0 saturated heterocycles. The maximum absolute atomic E-state index is 4.97. The molecular formula is C69H45N9. The number of rotatable bonds is 12. The molecule has 9 aromatic heterocycles. The minimum Gasteiger partial charge on any atom is -0.256 e. The van der Waals surface area contributed by atoms with Gasteiger partial charge in [0.1, 0.15) is 0 Å². The number of aromatic nitrogens is 9. The summed E-state index contributed by atoms with van der Waals surface area (Å²) < 4.78 is 0. The largest absolute Gasteiger partial charge is 0.256 e. The number of hydrogen-bond acceptors (Lipinski definition) is 9. The summed E-state index contributed by atoms with van der Waals surface area (Å²) in [4.78, 5) is 44.7. The Labute approximate surface area is 451 Å². The van der Waals surface area contributed by atoms with Crippen LogP contribution >= 0.6 is 0 Å². The van der Waals surface area contributed by atoms with E-state index >= 15 is 0 Å². The highest BCUT2D eigenvalue weighted by Gasteiger charge is 2.24. The van der Waals surface area contributed by atoms with Crippen LogP contribution in [0.1, 0.15) is 0 Å². The Morgan fingerprint density at radius 1 is 0.154 bits per heavy atom. The van der Waals surface area contributed by atoms with E-state index < -0.39 is 0 Å². The molecule has 0 aliphatic carbocycles. The third-order valence-corrected chi connectivity index (χ3v) is 13.8. The average Bonchev–Trinajstić information content (AvgIpc) is 3.57. The predicted octanol–water partition coefficient (Wildman–Crippen LogP) is 16.2. The summed E-state index contributed by atoms with van der Waals surface area (Å²) in [5.41, 5.74) is 21.4. The number of pyridine rings is 9. The second kappa shape index (κ2) is 21.2. The summed E-state index contributed by atoms with van der Waals surface area (Å²) in [6.07, 6.45) is 16.5. The molecule has 13 rings (SSSR count). The van der Waals surface area contributed by atoms with E-state index in [1.54, 1.807) is 0 Å². The standard InChI is InChI=1S/C69H45N9/c1-10-28-70-58(19-1)52-40-49(41-53(59-20-2-11-29-71-59)67(52)64-25-7-16-34-76-64)46-37-47(50-42-54(60-21-3-12-30-72-60)68(65-26-8-17-35-77-65)55(43-50)61-22-4-13-31-73-61)39-48(38-46)51-44-56(62-23-5-14-32-74-62)69(66-27-9-18-36-78-66)57(45-51)63-24-6-15-33-75-63/h1-45H. The molecule has 0 saturated carbocycles. The van der Waals surface area contributed by atoms with E-state index in [2.05, 4.69) is 91.0 Å². The van der Waals surface area contributed by atoms with Crippen LogP contribution < -0.4 is 0 Å². The van der Waals surface area contributed by atoms with Gasteiger partial charge >= 0.3 is 0 Å². The van der Waals surface area contributed by atoms with Gasteiger partial charge in [0, 0.05) is 106 Å². The first-order valence-corrected chi connectivity index (χ1v) is 25.6. The van der Waals surface area contributed by atoms with E-state index in [-0.39, 0.29) is 0 Å². The van der Waals surface area contributed by atoms with Crippen molar-refractivity contribution < 1.29 is 0 Å². The van der Waals surface area contributed by atoms with Gasteiger partial charge < -0.3 is 0 Å². The van der Waals surface area contributed by atoms with Crippen molar-refractivity contribution in [1.29, 1.82) is 0 Å². The summed E-state index contributed by atoms with van der Waals surface area (Å²) in [5.74, 6) is 0. The maximum Gasteiger partial charge on any atom is 0.0715 e. The Bertz CT molecular complexity index is 3560. The fourth-order valence-corrected chi connectivity index (χ4v) is 10.3. The second-order valence-corrected chi connectivity index (χ2v) is 18.6. The molecule has 0 radical (unpaired) electrons. The molecule has 0 unspecified atom stereocenters. The van der Waals surface area contributed by atoms with Crippen molar-refractivity contribution in [2.45, 2.75) is 0 Å². The second-order valence-electron chi connectivity index (χ2n) is 18.6. The first-order chi connectivity index (χ1) is 38.7. The molecule has 0 atom stereocenters. The van der Waals surface area contributed by atoms with E-state index in [9.17, 15) is 0 Å².